The first-order valence-electron chi connectivity index (χ1n) is 9.83. The molecule has 10 heteroatoms. The van der Waals surface area contributed by atoms with Gasteiger partial charge < -0.3 is 15.0 Å². The lowest BCUT2D eigenvalue weighted by Gasteiger charge is -2.13. The number of aryl methyl sites for hydroxylation is 1. The molecule has 3 aromatic heterocycles. The van der Waals surface area contributed by atoms with E-state index in [1.165, 1.54) is 12.1 Å². The van der Waals surface area contributed by atoms with E-state index < -0.39 is 11.8 Å². The number of nitrogens with one attached hydrogen (secondary N) is 3. The normalized spacial score (nSPS) is 11.6. The summed E-state index contributed by atoms with van der Waals surface area (Å²) in [6.07, 6.45) is 3.16. The van der Waals surface area contributed by atoms with E-state index in [4.69, 9.17) is 16.3 Å². The zero-order chi connectivity index (χ0) is 23.0. The molecule has 0 saturated heterocycles. The molecule has 4 rings (SSSR count). The molecule has 166 valence electrons. The molecule has 2 amide bonds. The van der Waals surface area contributed by atoms with Gasteiger partial charge in [0, 0.05) is 37.0 Å². The molecule has 0 atom stereocenters. The minimum atomic E-state index is -0.650. The highest BCUT2D eigenvalue weighted by atomic mass is 35.5. The number of carbonyl (C=O) groups excluding carboxylic acids is 1. The van der Waals surface area contributed by atoms with E-state index in [-0.39, 0.29) is 16.9 Å². The number of hydrogen-bond acceptors (Lipinski definition) is 4. The zero-order valence-corrected chi connectivity index (χ0v) is 18.7. The number of aromatic nitrogens is 4. The molecule has 0 aliphatic rings. The molecule has 32 heavy (non-hydrogen) atoms. The Morgan fingerprint density at radius 2 is 2.00 bits per heavy atom. The summed E-state index contributed by atoms with van der Waals surface area (Å²) in [7, 11) is 1.73. The second-order valence-electron chi connectivity index (χ2n) is 8.28. The quantitative estimate of drug-likeness (QED) is 0.360. The number of fused-ring (bicyclic) bond motifs is 1. The van der Waals surface area contributed by atoms with Gasteiger partial charge in [-0.15, -0.1) is 0 Å². The average molecular weight is 457 g/mol. The number of nitrogens with zero attached hydrogens (tertiary/aromatic N) is 3. The van der Waals surface area contributed by atoms with Crippen LogP contribution in [-0.4, -0.2) is 25.8 Å². The highest BCUT2D eigenvalue weighted by Gasteiger charge is 2.20. The molecule has 0 fully saturated rings. The topological polar surface area (TPSA) is 96.9 Å². The molecule has 4 aromatic rings. The number of halogens is 2. The van der Waals surface area contributed by atoms with E-state index in [0.29, 0.717) is 27.6 Å². The van der Waals surface area contributed by atoms with Crippen LogP contribution in [0, 0.1) is 5.82 Å². The van der Waals surface area contributed by atoms with E-state index in [2.05, 4.69) is 25.7 Å². The fourth-order valence-corrected chi connectivity index (χ4v) is 3.32. The number of anilines is 2. The van der Waals surface area contributed by atoms with Gasteiger partial charge >= 0.3 is 6.03 Å². The lowest BCUT2D eigenvalue weighted by atomic mass is 9.92. The number of hydrogen-bond donors (Lipinski definition) is 3. The fourth-order valence-electron chi connectivity index (χ4n) is 3.08. The Morgan fingerprint density at radius 1 is 1.22 bits per heavy atom. The molecule has 0 unspecified atom stereocenters. The van der Waals surface area contributed by atoms with E-state index in [9.17, 15) is 9.18 Å². The summed E-state index contributed by atoms with van der Waals surface area (Å²) in [5, 5.41) is 10.6. The average Bonchev–Trinajstić information content (AvgIpc) is 3.28. The van der Waals surface area contributed by atoms with Crippen molar-refractivity contribution in [3.63, 3.8) is 0 Å². The van der Waals surface area contributed by atoms with Crippen molar-refractivity contribution in [2.45, 2.75) is 26.2 Å². The second kappa shape index (κ2) is 8.16. The summed E-state index contributed by atoms with van der Waals surface area (Å²) >= 11 is 6.18. The van der Waals surface area contributed by atoms with Crippen LogP contribution < -0.4 is 15.4 Å². The molecule has 0 aliphatic heterocycles. The van der Waals surface area contributed by atoms with Crippen molar-refractivity contribution < 1.29 is 13.9 Å². The fraction of sp³-hybridized carbons (Fsp3) is 0.227. The van der Waals surface area contributed by atoms with Crippen molar-refractivity contribution in [1.82, 2.24) is 19.7 Å². The number of benzene rings is 1. The standard InChI is InChI=1S/C22H22ClFN6O2/c1-22(2,3)17-10-18(30(4)29-17)28-21(31)27-15-6-5-12(9-14(15)24)32-16-7-8-25-20-19(16)13(23)11-26-20/h5-11H,1-4H3,(H,25,26)(H2,27,28,31). The lowest BCUT2D eigenvalue weighted by molar-refractivity contribution is 0.262. The van der Waals surface area contributed by atoms with Gasteiger partial charge in [0.05, 0.1) is 21.8 Å². The summed E-state index contributed by atoms with van der Waals surface area (Å²) < 4.78 is 22.0. The van der Waals surface area contributed by atoms with Gasteiger partial charge in [-0.2, -0.15) is 5.10 Å². The number of ether oxygens (including phenoxy) is 1. The summed E-state index contributed by atoms with van der Waals surface area (Å²) in [6.45, 7) is 6.08. The van der Waals surface area contributed by atoms with Crippen LogP contribution in [0.4, 0.5) is 20.7 Å². The first-order chi connectivity index (χ1) is 15.1. The second-order valence-corrected chi connectivity index (χ2v) is 8.69. The van der Waals surface area contributed by atoms with Gasteiger partial charge in [-0.1, -0.05) is 32.4 Å². The Balaban J connectivity index is 1.47. The molecule has 3 heterocycles. The number of pyridine rings is 1. The smallest absolute Gasteiger partial charge is 0.324 e. The largest absolute Gasteiger partial charge is 0.456 e. The maximum absolute atomic E-state index is 14.6. The highest BCUT2D eigenvalue weighted by Crippen LogP contribution is 2.34. The van der Waals surface area contributed by atoms with Gasteiger partial charge in [0.2, 0.25) is 0 Å². The van der Waals surface area contributed by atoms with Crippen LogP contribution in [0.15, 0.2) is 42.7 Å². The Morgan fingerprint density at radius 3 is 2.69 bits per heavy atom. The van der Waals surface area contributed by atoms with Crippen molar-refractivity contribution >= 4 is 40.2 Å². The van der Waals surface area contributed by atoms with Crippen LogP contribution in [-0.2, 0) is 12.5 Å². The molecule has 0 aliphatic carbocycles. The van der Waals surface area contributed by atoms with E-state index in [1.54, 1.807) is 42.3 Å². The minimum absolute atomic E-state index is 0.00705. The zero-order valence-electron chi connectivity index (χ0n) is 18.0. The van der Waals surface area contributed by atoms with Gasteiger partial charge in [-0.3, -0.25) is 10.00 Å². The predicted octanol–water partition coefficient (Wildman–Crippen LogP) is 5.82. The van der Waals surface area contributed by atoms with Crippen LogP contribution in [0.1, 0.15) is 26.5 Å². The van der Waals surface area contributed by atoms with Crippen molar-refractivity contribution in [2.75, 3.05) is 10.6 Å². The number of rotatable bonds is 4. The number of amides is 2. The van der Waals surface area contributed by atoms with E-state index in [1.807, 2.05) is 20.8 Å². The number of aromatic amines is 1. The third-order valence-corrected chi connectivity index (χ3v) is 5.09. The Hall–Kier alpha value is -3.59. The molecule has 1 aromatic carbocycles. The van der Waals surface area contributed by atoms with Crippen molar-refractivity contribution in [3.05, 3.63) is 59.3 Å². The maximum atomic E-state index is 14.6. The minimum Gasteiger partial charge on any atom is -0.456 e. The molecular weight excluding hydrogens is 435 g/mol. The van der Waals surface area contributed by atoms with Gasteiger partial charge in [0.15, 0.2) is 0 Å². The van der Waals surface area contributed by atoms with Gasteiger partial charge in [-0.25, -0.2) is 14.2 Å². The molecule has 0 saturated carbocycles. The summed E-state index contributed by atoms with van der Waals surface area (Å²) in [5.41, 5.74) is 1.23. The van der Waals surface area contributed by atoms with Crippen molar-refractivity contribution in [3.8, 4) is 11.5 Å². The first kappa shape index (κ1) is 21.6. The predicted molar refractivity (Wildman–Crippen MR) is 122 cm³/mol. The molecule has 0 spiro atoms. The highest BCUT2D eigenvalue weighted by molar-refractivity contribution is 6.36. The van der Waals surface area contributed by atoms with Crippen LogP contribution in [0.5, 0.6) is 11.5 Å². The molecule has 0 bridgehead atoms. The number of carbonyl (C=O) groups is 1. The SMILES string of the molecule is Cn1nc(C(C)(C)C)cc1NC(=O)Nc1ccc(Oc2ccnc3[nH]cc(Cl)c23)cc1F. The molecule has 0 radical (unpaired) electrons. The van der Waals surface area contributed by atoms with E-state index in [0.717, 1.165) is 5.69 Å². The Bertz CT molecular complexity index is 1310. The summed E-state index contributed by atoms with van der Waals surface area (Å²) in [4.78, 5) is 19.5. The number of urea groups is 1. The first-order valence-corrected chi connectivity index (χ1v) is 10.2. The Kier molecular flexibility index (Phi) is 5.52. The van der Waals surface area contributed by atoms with Gasteiger partial charge in [0.1, 0.15) is 28.8 Å². The molecule has 3 N–H and O–H groups in total. The third-order valence-electron chi connectivity index (χ3n) is 4.79. The molecular formula is C22H22ClFN6O2. The van der Waals surface area contributed by atoms with Crippen molar-refractivity contribution in [2.24, 2.45) is 7.05 Å². The van der Waals surface area contributed by atoms with Crippen LogP contribution >= 0.6 is 11.6 Å². The summed E-state index contributed by atoms with van der Waals surface area (Å²) in [6, 6.07) is 6.99. The Labute approximate surface area is 188 Å². The van der Waals surface area contributed by atoms with Crippen LogP contribution in [0.3, 0.4) is 0 Å². The lowest BCUT2D eigenvalue weighted by Crippen LogP contribution is -2.21. The molecule has 8 nitrogen and oxygen atoms in total. The third kappa shape index (κ3) is 4.38. The van der Waals surface area contributed by atoms with Gasteiger partial charge in [0.25, 0.3) is 0 Å². The summed E-state index contributed by atoms with van der Waals surface area (Å²) in [5.74, 6) is 0.533. The van der Waals surface area contributed by atoms with E-state index >= 15 is 0 Å². The van der Waals surface area contributed by atoms with Crippen LogP contribution in [0.2, 0.25) is 5.02 Å². The monoisotopic (exact) mass is 456 g/mol. The number of H-pyrrole nitrogens is 1. The van der Waals surface area contributed by atoms with Crippen LogP contribution in [0.25, 0.3) is 11.0 Å². The van der Waals surface area contributed by atoms with Gasteiger partial charge in [-0.05, 0) is 18.2 Å². The maximum Gasteiger partial charge on any atom is 0.324 e. The van der Waals surface area contributed by atoms with Crippen molar-refractivity contribution in [1.29, 1.82) is 0 Å².